The minimum absolute atomic E-state index is 0.226. The predicted octanol–water partition coefficient (Wildman–Crippen LogP) is 4.06. The second kappa shape index (κ2) is 7.96. The predicted molar refractivity (Wildman–Crippen MR) is 89.0 cm³/mol. The number of benzene rings is 1. The Labute approximate surface area is 139 Å². The van der Waals surface area contributed by atoms with E-state index in [4.69, 9.17) is 23.2 Å². The molecular formula is C15H16Cl2N4O. The summed E-state index contributed by atoms with van der Waals surface area (Å²) in [7, 11) is 0. The van der Waals surface area contributed by atoms with Gasteiger partial charge in [0.2, 0.25) is 0 Å². The Hall–Kier alpha value is -1.85. The van der Waals surface area contributed by atoms with Gasteiger partial charge in [0.15, 0.2) is 0 Å². The maximum Gasteiger partial charge on any atom is 0.270 e. The fourth-order valence-electron chi connectivity index (χ4n) is 1.76. The maximum absolute atomic E-state index is 12.0. The quantitative estimate of drug-likeness (QED) is 0.779. The van der Waals surface area contributed by atoms with Crippen LogP contribution in [0.15, 0.2) is 30.6 Å². The van der Waals surface area contributed by atoms with Crippen molar-refractivity contribution < 1.29 is 4.79 Å². The van der Waals surface area contributed by atoms with E-state index in [1.807, 2.05) is 0 Å². The summed E-state index contributed by atoms with van der Waals surface area (Å²) in [5, 5.41) is 6.68. The molecule has 0 aliphatic carbocycles. The summed E-state index contributed by atoms with van der Waals surface area (Å²) in [6.07, 6.45) is 3.28. The van der Waals surface area contributed by atoms with Crippen LogP contribution in [0.25, 0.3) is 0 Å². The molecule has 0 radical (unpaired) electrons. The van der Waals surface area contributed by atoms with Crippen LogP contribution in [0, 0.1) is 0 Å². The fraction of sp³-hybridized carbons (Fsp3) is 0.267. The number of hydrogen-bond acceptors (Lipinski definition) is 4. The van der Waals surface area contributed by atoms with Gasteiger partial charge in [-0.3, -0.25) is 4.79 Å². The number of aromatic nitrogens is 2. The number of nitrogens with one attached hydrogen (secondary N) is 2. The second-order valence-corrected chi connectivity index (χ2v) is 5.41. The molecule has 2 rings (SSSR count). The van der Waals surface area contributed by atoms with Crippen molar-refractivity contribution in [3.8, 4) is 0 Å². The molecule has 1 aromatic carbocycles. The van der Waals surface area contributed by atoms with Gasteiger partial charge in [-0.05, 0) is 18.6 Å². The third-order valence-electron chi connectivity index (χ3n) is 2.93. The van der Waals surface area contributed by atoms with Crippen LogP contribution in [-0.4, -0.2) is 22.4 Å². The molecule has 22 heavy (non-hydrogen) atoms. The zero-order valence-corrected chi connectivity index (χ0v) is 13.6. The van der Waals surface area contributed by atoms with Crippen LogP contribution >= 0.6 is 23.2 Å². The summed E-state index contributed by atoms with van der Waals surface area (Å²) in [6, 6.07) is 6.81. The van der Waals surface area contributed by atoms with Gasteiger partial charge in [-0.2, -0.15) is 0 Å². The van der Waals surface area contributed by atoms with Crippen LogP contribution in [-0.2, 0) is 0 Å². The molecule has 0 bridgehead atoms. The Morgan fingerprint density at radius 2 is 2.09 bits per heavy atom. The number of halogens is 2. The highest BCUT2D eigenvalue weighted by Crippen LogP contribution is 2.31. The summed E-state index contributed by atoms with van der Waals surface area (Å²) in [4.78, 5) is 20.0. The van der Waals surface area contributed by atoms with Crippen molar-refractivity contribution in [1.29, 1.82) is 0 Å². The summed E-state index contributed by atoms with van der Waals surface area (Å²) >= 11 is 12.1. The van der Waals surface area contributed by atoms with Crippen LogP contribution in [0.2, 0.25) is 10.0 Å². The molecule has 0 aliphatic heterocycles. The number of anilines is 2. The lowest BCUT2D eigenvalue weighted by molar-refractivity contribution is 0.0948. The van der Waals surface area contributed by atoms with E-state index < -0.39 is 0 Å². The smallest absolute Gasteiger partial charge is 0.270 e. The van der Waals surface area contributed by atoms with E-state index >= 15 is 0 Å². The first-order chi connectivity index (χ1) is 10.6. The minimum atomic E-state index is -0.226. The highest BCUT2D eigenvalue weighted by Gasteiger charge is 2.10. The molecule has 1 aromatic heterocycles. The molecule has 1 amide bonds. The summed E-state index contributed by atoms with van der Waals surface area (Å²) in [5.41, 5.74) is 0.914. The number of amides is 1. The highest BCUT2D eigenvalue weighted by atomic mass is 35.5. The summed E-state index contributed by atoms with van der Waals surface area (Å²) in [6.45, 7) is 2.69. The molecule has 0 fully saturated rings. The number of carbonyl (C=O) groups excluding carboxylic acids is 1. The van der Waals surface area contributed by atoms with E-state index in [-0.39, 0.29) is 5.91 Å². The zero-order chi connectivity index (χ0) is 15.9. The van der Waals surface area contributed by atoms with Crippen LogP contribution < -0.4 is 10.6 Å². The van der Waals surface area contributed by atoms with Crippen LogP contribution in [0.3, 0.4) is 0 Å². The van der Waals surface area contributed by atoms with E-state index in [0.29, 0.717) is 33.8 Å². The standard InChI is InChI=1S/C15H16Cl2N4O/c1-2-3-7-18-15(22)12-8-13(20-9-19-12)21-11-6-4-5-10(16)14(11)17/h4-6,8-9H,2-3,7H2,1H3,(H,18,22)(H,19,20,21). The molecule has 2 N–H and O–H groups in total. The summed E-state index contributed by atoms with van der Waals surface area (Å²) < 4.78 is 0. The van der Waals surface area contributed by atoms with Gasteiger partial charge in [0.25, 0.3) is 5.91 Å². The largest absolute Gasteiger partial charge is 0.351 e. The van der Waals surface area contributed by atoms with Gasteiger partial charge in [-0.25, -0.2) is 9.97 Å². The molecule has 2 aromatic rings. The third kappa shape index (κ3) is 4.32. The molecule has 7 heteroatoms. The van der Waals surface area contributed by atoms with Crippen LogP contribution in [0.4, 0.5) is 11.5 Å². The van der Waals surface area contributed by atoms with Crippen molar-refractivity contribution in [3.05, 3.63) is 46.3 Å². The van der Waals surface area contributed by atoms with Crippen molar-refractivity contribution in [3.63, 3.8) is 0 Å². The first kappa shape index (κ1) is 16.5. The van der Waals surface area contributed by atoms with Gasteiger partial charge in [0.05, 0.1) is 15.7 Å². The topological polar surface area (TPSA) is 66.9 Å². The average molecular weight is 339 g/mol. The molecule has 0 spiro atoms. The Morgan fingerprint density at radius 1 is 1.27 bits per heavy atom. The number of rotatable bonds is 6. The zero-order valence-electron chi connectivity index (χ0n) is 12.1. The molecule has 0 unspecified atom stereocenters. The Balaban J connectivity index is 2.11. The van der Waals surface area contributed by atoms with Crippen molar-refractivity contribution in [2.45, 2.75) is 19.8 Å². The Morgan fingerprint density at radius 3 is 2.86 bits per heavy atom. The second-order valence-electron chi connectivity index (χ2n) is 4.62. The Bertz CT molecular complexity index is 664. The molecule has 0 saturated heterocycles. The summed E-state index contributed by atoms with van der Waals surface area (Å²) in [5.74, 6) is 0.246. The maximum atomic E-state index is 12.0. The highest BCUT2D eigenvalue weighted by molar-refractivity contribution is 6.43. The van der Waals surface area contributed by atoms with E-state index in [9.17, 15) is 4.79 Å². The lowest BCUT2D eigenvalue weighted by atomic mass is 10.3. The lowest BCUT2D eigenvalue weighted by Crippen LogP contribution is -2.25. The first-order valence-corrected chi connectivity index (χ1v) is 7.68. The first-order valence-electron chi connectivity index (χ1n) is 6.93. The lowest BCUT2D eigenvalue weighted by Gasteiger charge is -2.09. The monoisotopic (exact) mass is 338 g/mol. The van der Waals surface area contributed by atoms with Gasteiger partial charge in [-0.1, -0.05) is 42.6 Å². The number of hydrogen-bond donors (Lipinski definition) is 2. The van der Waals surface area contributed by atoms with E-state index in [1.165, 1.54) is 6.33 Å². The van der Waals surface area contributed by atoms with Crippen molar-refractivity contribution >= 4 is 40.6 Å². The molecule has 0 aliphatic rings. The minimum Gasteiger partial charge on any atom is -0.351 e. The van der Waals surface area contributed by atoms with Gasteiger partial charge >= 0.3 is 0 Å². The van der Waals surface area contributed by atoms with Crippen molar-refractivity contribution in [1.82, 2.24) is 15.3 Å². The van der Waals surface area contributed by atoms with E-state index in [1.54, 1.807) is 24.3 Å². The van der Waals surface area contributed by atoms with Gasteiger partial charge in [-0.15, -0.1) is 0 Å². The number of nitrogens with zero attached hydrogens (tertiary/aromatic N) is 2. The SMILES string of the molecule is CCCCNC(=O)c1cc(Nc2cccc(Cl)c2Cl)ncn1. The molecule has 116 valence electrons. The average Bonchev–Trinajstić information content (AvgIpc) is 2.52. The molecular weight excluding hydrogens is 323 g/mol. The van der Waals surface area contributed by atoms with Crippen molar-refractivity contribution in [2.24, 2.45) is 0 Å². The van der Waals surface area contributed by atoms with Gasteiger partial charge < -0.3 is 10.6 Å². The van der Waals surface area contributed by atoms with E-state index in [2.05, 4.69) is 27.5 Å². The van der Waals surface area contributed by atoms with E-state index in [0.717, 1.165) is 12.8 Å². The Kier molecular flexibility index (Phi) is 5.98. The van der Waals surface area contributed by atoms with Crippen LogP contribution in [0.1, 0.15) is 30.3 Å². The fourth-order valence-corrected chi connectivity index (χ4v) is 2.11. The third-order valence-corrected chi connectivity index (χ3v) is 3.75. The molecule has 5 nitrogen and oxygen atoms in total. The number of unbranched alkanes of at least 4 members (excludes halogenated alkanes) is 1. The molecule has 0 atom stereocenters. The van der Waals surface area contributed by atoms with Gasteiger partial charge in [0.1, 0.15) is 17.8 Å². The molecule has 0 saturated carbocycles. The number of carbonyl (C=O) groups is 1. The van der Waals surface area contributed by atoms with Gasteiger partial charge in [0, 0.05) is 12.6 Å². The molecule has 1 heterocycles. The normalized spacial score (nSPS) is 10.3. The van der Waals surface area contributed by atoms with Crippen molar-refractivity contribution in [2.75, 3.05) is 11.9 Å². The van der Waals surface area contributed by atoms with Crippen LogP contribution in [0.5, 0.6) is 0 Å².